The summed E-state index contributed by atoms with van der Waals surface area (Å²) in [7, 11) is 0.185. The number of anilines is 1. The van der Waals surface area contributed by atoms with Gasteiger partial charge in [0.2, 0.25) is 15.9 Å². The van der Waals surface area contributed by atoms with E-state index >= 15 is 0 Å². The minimum Gasteiger partial charge on any atom is -0.497 e. The maximum atomic E-state index is 12.1. The van der Waals surface area contributed by atoms with Crippen molar-refractivity contribution in [2.24, 2.45) is 0 Å². The lowest BCUT2D eigenvalue weighted by atomic mass is 10.1. The Bertz CT molecular complexity index is 700. The highest BCUT2D eigenvalue weighted by Crippen LogP contribution is 2.23. The van der Waals surface area contributed by atoms with Gasteiger partial charge in [-0.3, -0.25) is 9.10 Å². The van der Waals surface area contributed by atoms with Crippen LogP contribution in [0.25, 0.3) is 0 Å². The molecule has 0 saturated carbocycles. The van der Waals surface area contributed by atoms with Crippen LogP contribution in [0.4, 0.5) is 5.69 Å². The molecule has 1 amide bonds. The van der Waals surface area contributed by atoms with Gasteiger partial charge in [-0.2, -0.15) is 0 Å². The third-order valence-electron chi connectivity index (χ3n) is 4.59. The Morgan fingerprint density at radius 3 is 2.65 bits per heavy atom. The van der Waals surface area contributed by atoms with E-state index in [1.54, 1.807) is 24.3 Å². The molecule has 1 aromatic rings. The summed E-state index contributed by atoms with van der Waals surface area (Å²) < 4.78 is 30.8. The molecule has 26 heavy (non-hydrogen) atoms. The summed E-state index contributed by atoms with van der Waals surface area (Å²) >= 11 is 0. The van der Waals surface area contributed by atoms with E-state index in [0.29, 0.717) is 24.3 Å². The molecule has 0 unspecified atom stereocenters. The number of carbonyl (C=O) groups excluding carboxylic acids is 1. The third-order valence-corrected chi connectivity index (χ3v) is 5.78. The Morgan fingerprint density at radius 1 is 1.35 bits per heavy atom. The molecule has 1 saturated heterocycles. The Kier molecular flexibility index (Phi) is 7.28. The van der Waals surface area contributed by atoms with Gasteiger partial charge in [-0.15, -0.1) is 0 Å². The van der Waals surface area contributed by atoms with Gasteiger partial charge >= 0.3 is 0 Å². The van der Waals surface area contributed by atoms with Crippen molar-refractivity contribution in [3.63, 3.8) is 0 Å². The van der Waals surface area contributed by atoms with Crippen LogP contribution in [0.15, 0.2) is 24.3 Å². The van der Waals surface area contributed by atoms with Gasteiger partial charge in [-0.25, -0.2) is 8.42 Å². The standard InChI is InChI=1S/C18H29N3O4S/c1-20-12-9-15(10-13-20)19-18(22)8-5-11-21(26(3,23)24)16-6-4-7-17(14-16)25-2/h4,6-7,14-15H,5,8-13H2,1-3H3,(H,19,22). The molecule has 1 aromatic carbocycles. The zero-order chi connectivity index (χ0) is 19.2. The number of sulfonamides is 1. The first-order chi connectivity index (χ1) is 12.3. The number of benzene rings is 1. The number of nitrogens with one attached hydrogen (secondary N) is 1. The molecule has 7 nitrogen and oxygen atoms in total. The molecule has 1 aliphatic heterocycles. The summed E-state index contributed by atoms with van der Waals surface area (Å²) in [6.07, 6.45) is 3.86. The summed E-state index contributed by atoms with van der Waals surface area (Å²) in [5, 5.41) is 3.06. The molecule has 2 rings (SSSR count). The SMILES string of the molecule is COc1cccc(N(CCCC(=O)NC2CCN(C)CC2)S(C)(=O)=O)c1. The van der Waals surface area contributed by atoms with Crippen LogP contribution in [0.2, 0.25) is 0 Å². The largest absolute Gasteiger partial charge is 0.497 e. The van der Waals surface area contributed by atoms with Crippen LogP contribution in [0, 0.1) is 0 Å². The second-order valence-electron chi connectivity index (χ2n) is 6.79. The summed E-state index contributed by atoms with van der Waals surface area (Å²) in [4.78, 5) is 14.4. The predicted molar refractivity (Wildman–Crippen MR) is 103 cm³/mol. The smallest absolute Gasteiger partial charge is 0.232 e. The van der Waals surface area contributed by atoms with Gasteiger partial charge in [0.25, 0.3) is 0 Å². The first kappa shape index (κ1) is 20.5. The van der Waals surface area contributed by atoms with E-state index in [9.17, 15) is 13.2 Å². The summed E-state index contributed by atoms with van der Waals surface area (Å²) in [5.74, 6) is 0.579. The minimum absolute atomic E-state index is 0.0151. The maximum absolute atomic E-state index is 12.1. The number of ether oxygens (including phenoxy) is 1. The molecule has 0 radical (unpaired) electrons. The Hall–Kier alpha value is -1.80. The van der Waals surface area contributed by atoms with Crippen LogP contribution in [0.5, 0.6) is 5.75 Å². The van der Waals surface area contributed by atoms with Crippen molar-refractivity contribution < 1.29 is 17.9 Å². The molecular formula is C18H29N3O4S. The third kappa shape index (κ3) is 6.17. The highest BCUT2D eigenvalue weighted by atomic mass is 32.2. The molecule has 1 heterocycles. The molecule has 0 atom stereocenters. The lowest BCUT2D eigenvalue weighted by molar-refractivity contribution is -0.122. The maximum Gasteiger partial charge on any atom is 0.232 e. The van der Waals surface area contributed by atoms with E-state index < -0.39 is 10.0 Å². The van der Waals surface area contributed by atoms with E-state index in [4.69, 9.17) is 4.74 Å². The van der Waals surface area contributed by atoms with Crippen molar-refractivity contribution in [2.45, 2.75) is 31.7 Å². The average molecular weight is 384 g/mol. The molecule has 1 fully saturated rings. The van der Waals surface area contributed by atoms with Crippen molar-refractivity contribution in [3.05, 3.63) is 24.3 Å². The molecule has 0 aliphatic carbocycles. The van der Waals surface area contributed by atoms with E-state index in [-0.39, 0.29) is 18.5 Å². The molecule has 0 aromatic heterocycles. The number of methoxy groups -OCH3 is 1. The molecule has 1 aliphatic rings. The first-order valence-corrected chi connectivity index (χ1v) is 10.7. The zero-order valence-electron chi connectivity index (χ0n) is 15.8. The Labute approximate surface area is 156 Å². The molecule has 146 valence electrons. The van der Waals surface area contributed by atoms with Crippen molar-refractivity contribution in [3.8, 4) is 5.75 Å². The van der Waals surface area contributed by atoms with Gasteiger partial charge in [0.1, 0.15) is 5.75 Å². The Balaban J connectivity index is 1.88. The van der Waals surface area contributed by atoms with Crippen LogP contribution in [-0.2, 0) is 14.8 Å². The van der Waals surface area contributed by atoms with Crippen LogP contribution in [-0.4, -0.2) is 65.3 Å². The number of likely N-dealkylation sites (tertiary alicyclic amines) is 1. The minimum atomic E-state index is -3.43. The lowest BCUT2D eigenvalue weighted by Crippen LogP contribution is -2.43. The molecule has 0 bridgehead atoms. The van der Waals surface area contributed by atoms with Crippen LogP contribution in [0.1, 0.15) is 25.7 Å². The summed E-state index contributed by atoms with van der Waals surface area (Å²) in [5.41, 5.74) is 0.544. The summed E-state index contributed by atoms with van der Waals surface area (Å²) in [6, 6.07) is 7.14. The second kappa shape index (κ2) is 9.23. The van der Waals surface area contributed by atoms with Crippen LogP contribution < -0.4 is 14.4 Å². The van der Waals surface area contributed by atoms with Crippen molar-refractivity contribution in [2.75, 3.05) is 44.4 Å². The number of amides is 1. The van der Waals surface area contributed by atoms with E-state index in [0.717, 1.165) is 25.9 Å². The number of hydrogen-bond acceptors (Lipinski definition) is 5. The van der Waals surface area contributed by atoms with E-state index in [1.165, 1.54) is 17.7 Å². The van der Waals surface area contributed by atoms with Crippen molar-refractivity contribution in [1.29, 1.82) is 0 Å². The fourth-order valence-electron chi connectivity index (χ4n) is 3.09. The van der Waals surface area contributed by atoms with Crippen LogP contribution >= 0.6 is 0 Å². The number of piperidine rings is 1. The van der Waals surface area contributed by atoms with Crippen molar-refractivity contribution in [1.82, 2.24) is 10.2 Å². The normalized spacial score (nSPS) is 16.3. The monoisotopic (exact) mass is 383 g/mol. The fourth-order valence-corrected chi connectivity index (χ4v) is 4.05. The van der Waals surface area contributed by atoms with E-state index in [2.05, 4.69) is 17.3 Å². The number of nitrogens with zero attached hydrogens (tertiary/aromatic N) is 2. The van der Waals surface area contributed by atoms with Gasteiger partial charge in [0, 0.05) is 25.1 Å². The van der Waals surface area contributed by atoms with Gasteiger partial charge in [-0.05, 0) is 51.5 Å². The molecule has 8 heteroatoms. The summed E-state index contributed by atoms with van der Waals surface area (Å²) in [6.45, 7) is 2.23. The molecular weight excluding hydrogens is 354 g/mol. The predicted octanol–water partition coefficient (Wildman–Crippen LogP) is 1.45. The van der Waals surface area contributed by atoms with Gasteiger partial charge in [-0.1, -0.05) is 6.07 Å². The number of carbonyl (C=O) groups is 1. The number of rotatable bonds is 8. The average Bonchev–Trinajstić information content (AvgIpc) is 2.59. The van der Waals surface area contributed by atoms with E-state index in [1.807, 2.05) is 0 Å². The van der Waals surface area contributed by atoms with Gasteiger partial charge in [0.05, 0.1) is 19.1 Å². The first-order valence-electron chi connectivity index (χ1n) is 8.89. The van der Waals surface area contributed by atoms with Gasteiger partial charge < -0.3 is 15.0 Å². The second-order valence-corrected chi connectivity index (χ2v) is 8.69. The number of hydrogen-bond donors (Lipinski definition) is 1. The topological polar surface area (TPSA) is 79.0 Å². The van der Waals surface area contributed by atoms with Gasteiger partial charge in [0.15, 0.2) is 0 Å². The molecule has 1 N–H and O–H groups in total. The lowest BCUT2D eigenvalue weighted by Gasteiger charge is -2.29. The fraction of sp³-hybridized carbons (Fsp3) is 0.611. The highest BCUT2D eigenvalue weighted by molar-refractivity contribution is 7.92. The quantitative estimate of drug-likeness (QED) is 0.735. The zero-order valence-corrected chi connectivity index (χ0v) is 16.6. The highest BCUT2D eigenvalue weighted by Gasteiger charge is 2.20. The Morgan fingerprint density at radius 2 is 2.04 bits per heavy atom. The van der Waals surface area contributed by atoms with Crippen LogP contribution in [0.3, 0.4) is 0 Å². The molecule has 0 spiro atoms. The van der Waals surface area contributed by atoms with Crippen molar-refractivity contribution >= 4 is 21.6 Å².